The third-order valence-corrected chi connectivity index (χ3v) is 8.69. The molecule has 41 heavy (non-hydrogen) atoms. The molecule has 0 bridgehead atoms. The van der Waals surface area contributed by atoms with Crippen LogP contribution in [-0.4, -0.2) is 68.3 Å². The fraction of sp³-hybridized carbons (Fsp3) is 0.469. The maximum absolute atomic E-state index is 14.2. The predicted molar refractivity (Wildman–Crippen MR) is 157 cm³/mol. The lowest BCUT2D eigenvalue weighted by Crippen LogP contribution is -2.54. The highest BCUT2D eigenvalue weighted by molar-refractivity contribution is 5.98. The Morgan fingerprint density at radius 1 is 1.20 bits per heavy atom. The number of carbonyl (C=O) groups is 1. The summed E-state index contributed by atoms with van der Waals surface area (Å²) in [6.07, 6.45) is 6.05. The zero-order valence-electron chi connectivity index (χ0n) is 24.1. The molecule has 9 nitrogen and oxygen atoms in total. The lowest BCUT2D eigenvalue weighted by molar-refractivity contribution is -0.0243. The van der Waals surface area contributed by atoms with Crippen LogP contribution in [0, 0.1) is 13.8 Å². The molecule has 1 amide bonds. The van der Waals surface area contributed by atoms with Crippen LogP contribution >= 0.6 is 0 Å². The molecular weight excluding hydrogens is 518 g/mol. The van der Waals surface area contributed by atoms with E-state index in [-0.39, 0.29) is 18.0 Å². The molecule has 0 radical (unpaired) electrons. The number of benzene rings is 2. The molecule has 2 aromatic carbocycles. The molecule has 3 heterocycles. The van der Waals surface area contributed by atoms with Gasteiger partial charge in [-0.1, -0.05) is 43.2 Å². The van der Waals surface area contributed by atoms with Crippen LogP contribution in [0.4, 0.5) is 0 Å². The molecule has 3 atom stereocenters. The van der Waals surface area contributed by atoms with Crippen LogP contribution in [0.5, 0.6) is 5.75 Å². The maximum atomic E-state index is 14.2. The molecule has 1 saturated heterocycles. The van der Waals surface area contributed by atoms with E-state index in [9.17, 15) is 9.90 Å². The number of fused-ring (bicyclic) bond motifs is 1. The highest BCUT2D eigenvalue weighted by atomic mass is 16.5. The number of hydrogen-bond acceptors (Lipinski definition) is 7. The molecule has 2 aliphatic rings. The average Bonchev–Trinajstić information content (AvgIpc) is 3.58. The largest absolute Gasteiger partial charge is 0.493 e. The van der Waals surface area contributed by atoms with Crippen molar-refractivity contribution in [2.24, 2.45) is 0 Å². The van der Waals surface area contributed by atoms with Crippen molar-refractivity contribution < 1.29 is 19.1 Å². The van der Waals surface area contributed by atoms with Gasteiger partial charge < -0.3 is 29.0 Å². The SMILES string of the molecule is Cc1nc2ccc(OCC[C@@H]3CNCCN3C(=O)c3ncn([C@@H]4CCCC[C@]4(C)O)c3-c3ccccc3)c(C)c2o1. The van der Waals surface area contributed by atoms with Gasteiger partial charge in [-0.05, 0) is 38.8 Å². The second kappa shape index (κ2) is 11.3. The number of rotatable bonds is 7. The zero-order chi connectivity index (χ0) is 28.6. The van der Waals surface area contributed by atoms with Crippen molar-refractivity contribution >= 4 is 17.0 Å². The summed E-state index contributed by atoms with van der Waals surface area (Å²) in [7, 11) is 0. The van der Waals surface area contributed by atoms with Crippen LogP contribution in [0.2, 0.25) is 0 Å². The lowest BCUT2D eigenvalue weighted by Gasteiger charge is -2.39. The minimum atomic E-state index is -0.858. The first-order chi connectivity index (χ1) is 19.8. The Bertz CT molecular complexity index is 1530. The molecule has 4 aromatic rings. The van der Waals surface area contributed by atoms with Gasteiger partial charge in [0.15, 0.2) is 17.2 Å². The molecule has 216 valence electrons. The number of hydrogen-bond donors (Lipinski definition) is 2. The zero-order valence-corrected chi connectivity index (χ0v) is 24.1. The Balaban J connectivity index is 1.24. The van der Waals surface area contributed by atoms with Crippen molar-refractivity contribution in [3.05, 3.63) is 65.9 Å². The second-order valence-corrected chi connectivity index (χ2v) is 11.6. The number of oxazole rings is 1. The van der Waals surface area contributed by atoms with E-state index >= 15 is 0 Å². The Morgan fingerprint density at radius 2 is 2.02 bits per heavy atom. The summed E-state index contributed by atoms with van der Waals surface area (Å²) in [5.41, 5.74) is 3.78. The number of aliphatic hydroxyl groups is 1. The summed E-state index contributed by atoms with van der Waals surface area (Å²) >= 11 is 0. The normalized spacial score (nSPS) is 23.2. The van der Waals surface area contributed by atoms with Crippen LogP contribution in [0.25, 0.3) is 22.4 Å². The minimum absolute atomic E-state index is 0.0422. The molecule has 9 heteroatoms. The van der Waals surface area contributed by atoms with Gasteiger partial charge >= 0.3 is 0 Å². The van der Waals surface area contributed by atoms with Crippen molar-refractivity contribution in [3.8, 4) is 17.0 Å². The molecule has 2 aromatic heterocycles. The molecule has 1 aliphatic heterocycles. The summed E-state index contributed by atoms with van der Waals surface area (Å²) in [6.45, 7) is 8.18. The van der Waals surface area contributed by atoms with Crippen molar-refractivity contribution in [1.29, 1.82) is 0 Å². The Labute approximate surface area is 240 Å². The number of imidazole rings is 1. The van der Waals surface area contributed by atoms with Crippen LogP contribution in [0.15, 0.2) is 53.2 Å². The quantitative estimate of drug-likeness (QED) is 0.327. The van der Waals surface area contributed by atoms with Crippen LogP contribution in [0.3, 0.4) is 0 Å². The lowest BCUT2D eigenvalue weighted by atomic mass is 9.81. The number of amides is 1. The van der Waals surface area contributed by atoms with Gasteiger partial charge in [-0.3, -0.25) is 4.79 Å². The molecule has 2 fully saturated rings. The van der Waals surface area contributed by atoms with Gasteiger partial charge in [-0.2, -0.15) is 0 Å². The van der Waals surface area contributed by atoms with E-state index in [1.807, 2.05) is 72.7 Å². The number of aromatic nitrogens is 3. The van der Waals surface area contributed by atoms with E-state index in [1.54, 1.807) is 6.33 Å². The van der Waals surface area contributed by atoms with Crippen molar-refractivity contribution in [2.45, 2.75) is 70.6 Å². The highest BCUT2D eigenvalue weighted by Gasteiger charge is 2.39. The van der Waals surface area contributed by atoms with Gasteiger partial charge in [0, 0.05) is 50.1 Å². The van der Waals surface area contributed by atoms with Gasteiger partial charge in [-0.15, -0.1) is 0 Å². The van der Waals surface area contributed by atoms with Crippen molar-refractivity contribution in [2.75, 3.05) is 26.2 Å². The van der Waals surface area contributed by atoms with Crippen LogP contribution < -0.4 is 10.1 Å². The Morgan fingerprint density at radius 3 is 2.83 bits per heavy atom. The van der Waals surface area contributed by atoms with Crippen molar-refractivity contribution in [3.63, 3.8) is 0 Å². The van der Waals surface area contributed by atoms with E-state index in [2.05, 4.69) is 10.3 Å². The minimum Gasteiger partial charge on any atom is -0.493 e. The van der Waals surface area contributed by atoms with E-state index in [1.165, 1.54) is 0 Å². The molecule has 6 rings (SSSR count). The van der Waals surface area contributed by atoms with Gasteiger partial charge in [0.2, 0.25) is 0 Å². The summed E-state index contributed by atoms with van der Waals surface area (Å²) < 4.78 is 14.0. The third-order valence-electron chi connectivity index (χ3n) is 8.69. The molecular formula is C32H39N5O4. The van der Waals surface area contributed by atoms with Gasteiger partial charge in [-0.25, -0.2) is 9.97 Å². The predicted octanol–water partition coefficient (Wildman–Crippen LogP) is 5.06. The molecule has 0 unspecified atom stereocenters. The molecule has 2 N–H and O–H groups in total. The number of carbonyl (C=O) groups excluding carboxylic acids is 1. The first kappa shape index (κ1) is 27.5. The van der Waals surface area contributed by atoms with E-state index in [4.69, 9.17) is 14.1 Å². The van der Waals surface area contributed by atoms with E-state index in [0.717, 1.165) is 65.9 Å². The van der Waals surface area contributed by atoms with Gasteiger partial charge in [0.05, 0.1) is 30.3 Å². The van der Waals surface area contributed by atoms with Crippen molar-refractivity contribution in [1.82, 2.24) is 24.8 Å². The number of piperazine rings is 1. The topological polar surface area (TPSA) is 106 Å². The number of aryl methyl sites for hydroxylation is 2. The number of ether oxygens (including phenoxy) is 1. The average molecular weight is 558 g/mol. The summed E-state index contributed by atoms with van der Waals surface area (Å²) in [5.74, 6) is 1.31. The number of nitrogens with zero attached hydrogens (tertiary/aromatic N) is 4. The highest BCUT2D eigenvalue weighted by Crippen LogP contribution is 2.40. The monoisotopic (exact) mass is 557 g/mol. The summed E-state index contributed by atoms with van der Waals surface area (Å²) in [4.78, 5) is 25.2. The van der Waals surface area contributed by atoms with E-state index < -0.39 is 5.60 Å². The number of nitrogens with one attached hydrogen (secondary N) is 1. The molecule has 1 aliphatic carbocycles. The summed E-state index contributed by atoms with van der Waals surface area (Å²) in [6, 6.07) is 13.6. The first-order valence-electron chi connectivity index (χ1n) is 14.7. The summed E-state index contributed by atoms with van der Waals surface area (Å²) in [5, 5.41) is 14.7. The fourth-order valence-corrected chi connectivity index (χ4v) is 6.47. The van der Waals surface area contributed by atoms with Gasteiger partial charge in [0.25, 0.3) is 5.91 Å². The third kappa shape index (κ3) is 5.36. The maximum Gasteiger partial charge on any atom is 0.275 e. The first-order valence-corrected chi connectivity index (χ1v) is 14.7. The molecule has 0 spiro atoms. The van der Waals surface area contributed by atoms with E-state index in [0.29, 0.717) is 37.7 Å². The van der Waals surface area contributed by atoms with Crippen LogP contribution in [0.1, 0.15) is 67.0 Å². The smallest absolute Gasteiger partial charge is 0.275 e. The van der Waals surface area contributed by atoms with Crippen LogP contribution in [-0.2, 0) is 0 Å². The Kier molecular flexibility index (Phi) is 7.57. The van der Waals surface area contributed by atoms with Gasteiger partial charge in [0.1, 0.15) is 11.3 Å². The fourth-order valence-electron chi connectivity index (χ4n) is 6.47. The second-order valence-electron chi connectivity index (χ2n) is 11.6. The molecule has 1 saturated carbocycles. The standard InChI is InChI=1S/C32H39N5O4/c1-21-26(13-12-25-30(21)41-22(2)35-25)40-18-14-24-19-33-16-17-36(24)31(38)28-29(23-9-5-4-6-10-23)37(20-34-28)27-11-7-8-15-32(27,3)39/h4-6,9-10,12-13,20,24,27,33,39H,7-8,11,14-19H2,1-3H3/t24-,27-,32+/m1/s1. The Hall–Kier alpha value is -3.69.